The number of rotatable bonds is 4. The van der Waals surface area contributed by atoms with Gasteiger partial charge in [0.05, 0.1) is 18.5 Å². The summed E-state index contributed by atoms with van der Waals surface area (Å²) in [6.45, 7) is 0. The molecule has 4 nitrogen and oxygen atoms in total. The van der Waals surface area contributed by atoms with Crippen LogP contribution in [0.5, 0.6) is 0 Å². The van der Waals surface area contributed by atoms with Crippen LogP contribution in [0.2, 0.25) is 0 Å². The predicted octanol–water partition coefficient (Wildman–Crippen LogP) is 1.34. The largest absolute Gasteiger partial charge is 0.465 e. The molecule has 0 saturated carbocycles. The molecule has 0 bridgehead atoms. The number of methoxy groups -OCH3 is 1. The third-order valence-corrected chi connectivity index (χ3v) is 2.03. The quantitative estimate of drug-likeness (QED) is 0.443. The van der Waals surface area contributed by atoms with Gasteiger partial charge in [-0.1, -0.05) is 12.1 Å². The first-order valence-corrected chi connectivity index (χ1v) is 4.63. The van der Waals surface area contributed by atoms with E-state index in [4.69, 9.17) is 11.1 Å². The number of nitrogens with one attached hydrogen (secondary N) is 1. The van der Waals surface area contributed by atoms with Gasteiger partial charge in [-0.05, 0) is 24.1 Å². The number of ether oxygens (including phenoxy) is 1. The highest BCUT2D eigenvalue weighted by molar-refractivity contribution is 5.89. The molecule has 0 aliphatic carbocycles. The SMILES string of the molecule is COC(=O)c1cccc(CCC(=N)N)c1. The molecule has 0 radical (unpaired) electrons. The maximum Gasteiger partial charge on any atom is 0.337 e. The highest BCUT2D eigenvalue weighted by Gasteiger charge is 2.05. The van der Waals surface area contributed by atoms with E-state index >= 15 is 0 Å². The van der Waals surface area contributed by atoms with Crippen LogP contribution in [-0.4, -0.2) is 18.9 Å². The van der Waals surface area contributed by atoms with E-state index in [0.717, 1.165) is 5.56 Å². The second kappa shape index (κ2) is 5.14. The highest BCUT2D eigenvalue weighted by atomic mass is 16.5. The van der Waals surface area contributed by atoms with Crippen molar-refractivity contribution in [3.05, 3.63) is 35.4 Å². The lowest BCUT2D eigenvalue weighted by molar-refractivity contribution is 0.0600. The van der Waals surface area contributed by atoms with Crippen LogP contribution in [0.3, 0.4) is 0 Å². The maximum atomic E-state index is 11.2. The standard InChI is InChI=1S/C11H14N2O2/c1-15-11(14)9-4-2-3-8(7-9)5-6-10(12)13/h2-4,7H,5-6H2,1H3,(H3,12,13). The Kier molecular flexibility index (Phi) is 3.85. The van der Waals surface area contributed by atoms with Gasteiger partial charge in [0.2, 0.25) is 0 Å². The Balaban J connectivity index is 2.74. The lowest BCUT2D eigenvalue weighted by Gasteiger charge is -2.03. The van der Waals surface area contributed by atoms with Crippen LogP contribution in [0, 0.1) is 5.41 Å². The van der Waals surface area contributed by atoms with Gasteiger partial charge >= 0.3 is 5.97 Å². The van der Waals surface area contributed by atoms with Crippen molar-refractivity contribution >= 4 is 11.8 Å². The fourth-order valence-corrected chi connectivity index (χ4v) is 1.25. The average Bonchev–Trinajstić information content (AvgIpc) is 2.25. The predicted molar refractivity (Wildman–Crippen MR) is 58.0 cm³/mol. The third-order valence-electron chi connectivity index (χ3n) is 2.03. The number of carbonyl (C=O) groups excluding carboxylic acids is 1. The van der Waals surface area contributed by atoms with Gasteiger partial charge < -0.3 is 10.5 Å². The Morgan fingerprint density at radius 1 is 1.53 bits per heavy atom. The first kappa shape index (κ1) is 11.2. The summed E-state index contributed by atoms with van der Waals surface area (Å²) in [5, 5.41) is 7.10. The van der Waals surface area contributed by atoms with E-state index in [0.29, 0.717) is 18.4 Å². The zero-order chi connectivity index (χ0) is 11.3. The van der Waals surface area contributed by atoms with Crippen molar-refractivity contribution in [3.8, 4) is 0 Å². The van der Waals surface area contributed by atoms with Crippen molar-refractivity contribution in [1.29, 1.82) is 5.41 Å². The third kappa shape index (κ3) is 3.42. The Morgan fingerprint density at radius 2 is 2.27 bits per heavy atom. The summed E-state index contributed by atoms with van der Waals surface area (Å²) in [4.78, 5) is 11.2. The molecule has 0 unspecified atom stereocenters. The number of hydrogen-bond acceptors (Lipinski definition) is 3. The van der Waals surface area contributed by atoms with Crippen LogP contribution in [0.25, 0.3) is 0 Å². The van der Waals surface area contributed by atoms with Gasteiger partial charge in [0.15, 0.2) is 0 Å². The van der Waals surface area contributed by atoms with Gasteiger partial charge in [0.25, 0.3) is 0 Å². The molecule has 1 aromatic rings. The van der Waals surface area contributed by atoms with Gasteiger partial charge in [0, 0.05) is 6.42 Å². The Morgan fingerprint density at radius 3 is 2.87 bits per heavy atom. The molecule has 4 heteroatoms. The lowest BCUT2D eigenvalue weighted by atomic mass is 10.1. The van der Waals surface area contributed by atoms with Crippen LogP contribution in [-0.2, 0) is 11.2 Å². The van der Waals surface area contributed by atoms with E-state index in [1.54, 1.807) is 18.2 Å². The zero-order valence-corrected chi connectivity index (χ0v) is 8.62. The zero-order valence-electron chi connectivity index (χ0n) is 8.62. The highest BCUT2D eigenvalue weighted by Crippen LogP contribution is 2.08. The van der Waals surface area contributed by atoms with Crippen LogP contribution in [0.1, 0.15) is 22.3 Å². The van der Waals surface area contributed by atoms with Gasteiger partial charge in [-0.3, -0.25) is 5.41 Å². The van der Waals surface area contributed by atoms with Crippen molar-refractivity contribution in [2.24, 2.45) is 5.73 Å². The first-order valence-electron chi connectivity index (χ1n) is 4.63. The number of esters is 1. The molecule has 0 atom stereocenters. The van der Waals surface area contributed by atoms with Gasteiger partial charge in [0.1, 0.15) is 0 Å². The molecular weight excluding hydrogens is 192 g/mol. The Hall–Kier alpha value is -1.84. The number of benzene rings is 1. The van der Waals surface area contributed by atoms with Crippen molar-refractivity contribution in [2.45, 2.75) is 12.8 Å². The van der Waals surface area contributed by atoms with Crippen LogP contribution >= 0.6 is 0 Å². The monoisotopic (exact) mass is 206 g/mol. The van der Waals surface area contributed by atoms with Gasteiger partial charge in [-0.25, -0.2) is 4.79 Å². The number of nitrogens with two attached hydrogens (primary N) is 1. The summed E-state index contributed by atoms with van der Waals surface area (Å²) in [5.74, 6) is -0.196. The van der Waals surface area contributed by atoms with Crippen LogP contribution in [0.15, 0.2) is 24.3 Å². The average molecular weight is 206 g/mol. The lowest BCUT2D eigenvalue weighted by Crippen LogP contribution is -2.10. The molecule has 0 spiro atoms. The van der Waals surface area contributed by atoms with E-state index in [2.05, 4.69) is 4.74 Å². The molecule has 80 valence electrons. The number of carbonyl (C=O) groups is 1. The van der Waals surface area contributed by atoms with E-state index in [1.807, 2.05) is 6.07 Å². The van der Waals surface area contributed by atoms with Crippen molar-refractivity contribution in [2.75, 3.05) is 7.11 Å². The molecule has 0 fully saturated rings. The molecule has 15 heavy (non-hydrogen) atoms. The molecule has 0 saturated heterocycles. The van der Waals surface area contributed by atoms with Crippen molar-refractivity contribution < 1.29 is 9.53 Å². The maximum absolute atomic E-state index is 11.2. The summed E-state index contributed by atoms with van der Waals surface area (Å²) < 4.78 is 4.61. The number of amidine groups is 1. The Labute approximate surface area is 88.6 Å². The summed E-state index contributed by atoms with van der Waals surface area (Å²) >= 11 is 0. The summed E-state index contributed by atoms with van der Waals surface area (Å²) in [5.41, 5.74) is 6.76. The normalized spacial score (nSPS) is 9.67. The van der Waals surface area contributed by atoms with Crippen LogP contribution in [0.4, 0.5) is 0 Å². The van der Waals surface area contributed by atoms with Gasteiger partial charge in [-0.15, -0.1) is 0 Å². The molecular formula is C11H14N2O2. The van der Waals surface area contributed by atoms with Crippen molar-refractivity contribution in [3.63, 3.8) is 0 Å². The summed E-state index contributed by atoms with van der Waals surface area (Å²) in [6, 6.07) is 7.15. The second-order valence-electron chi connectivity index (χ2n) is 3.22. The van der Waals surface area contributed by atoms with E-state index in [1.165, 1.54) is 7.11 Å². The molecule has 1 aromatic carbocycles. The second-order valence-corrected chi connectivity index (χ2v) is 3.22. The van der Waals surface area contributed by atoms with E-state index in [9.17, 15) is 4.79 Å². The number of aryl methyl sites for hydroxylation is 1. The molecule has 0 aliphatic heterocycles. The fourth-order valence-electron chi connectivity index (χ4n) is 1.25. The minimum atomic E-state index is -0.348. The minimum absolute atomic E-state index is 0.151. The minimum Gasteiger partial charge on any atom is -0.465 e. The molecule has 0 amide bonds. The Bertz CT molecular complexity index is 375. The smallest absolute Gasteiger partial charge is 0.337 e. The van der Waals surface area contributed by atoms with E-state index in [-0.39, 0.29) is 11.8 Å². The van der Waals surface area contributed by atoms with Gasteiger partial charge in [-0.2, -0.15) is 0 Å². The molecule has 0 aliphatic rings. The summed E-state index contributed by atoms with van der Waals surface area (Å²) in [7, 11) is 1.35. The summed E-state index contributed by atoms with van der Waals surface area (Å²) in [6.07, 6.45) is 1.17. The van der Waals surface area contributed by atoms with Crippen molar-refractivity contribution in [1.82, 2.24) is 0 Å². The van der Waals surface area contributed by atoms with Crippen LogP contribution < -0.4 is 5.73 Å². The first-order chi connectivity index (χ1) is 7.13. The molecule has 3 N–H and O–H groups in total. The molecule has 0 heterocycles. The topological polar surface area (TPSA) is 76.2 Å². The molecule has 0 aromatic heterocycles. The van der Waals surface area contributed by atoms with E-state index < -0.39 is 0 Å². The molecule has 1 rings (SSSR count). The fraction of sp³-hybridized carbons (Fsp3) is 0.273. The number of hydrogen-bond donors (Lipinski definition) is 2.